The highest BCUT2D eigenvalue weighted by Crippen LogP contribution is 2.47. The van der Waals surface area contributed by atoms with Crippen LogP contribution in [0.5, 0.6) is 0 Å². The monoisotopic (exact) mass is 204 g/mol. The Labute approximate surface area is 71.6 Å². The lowest BCUT2D eigenvalue weighted by molar-refractivity contribution is -0.495. The van der Waals surface area contributed by atoms with Crippen molar-refractivity contribution in [3.05, 3.63) is 0 Å². The molecule has 0 aliphatic carbocycles. The minimum atomic E-state index is -4.08. The lowest BCUT2D eigenvalue weighted by atomic mass is 10.0. The lowest BCUT2D eigenvalue weighted by Crippen LogP contribution is -2.65. The standard InChI is InChI=1S/C6H8F4O3/c1-4(11-2)5(7,8)12-3-13-6(4,9)10/h3H2,1-2H3. The number of alkyl halides is 4. The zero-order valence-electron chi connectivity index (χ0n) is 6.94. The average Bonchev–Trinajstić information content (AvgIpc) is 1.99. The van der Waals surface area contributed by atoms with Crippen LogP contribution in [0.2, 0.25) is 0 Å². The van der Waals surface area contributed by atoms with Crippen LogP contribution in [0.4, 0.5) is 17.6 Å². The van der Waals surface area contributed by atoms with Gasteiger partial charge in [-0.2, -0.15) is 17.6 Å². The van der Waals surface area contributed by atoms with E-state index in [4.69, 9.17) is 0 Å². The third-order valence-corrected chi connectivity index (χ3v) is 2.00. The summed E-state index contributed by atoms with van der Waals surface area (Å²) in [5.74, 6) is 0. The third kappa shape index (κ3) is 1.31. The fraction of sp³-hybridized carbons (Fsp3) is 1.00. The van der Waals surface area contributed by atoms with Crippen molar-refractivity contribution in [1.82, 2.24) is 0 Å². The van der Waals surface area contributed by atoms with Gasteiger partial charge in [0, 0.05) is 7.11 Å². The summed E-state index contributed by atoms with van der Waals surface area (Å²) in [6.07, 6.45) is -8.16. The van der Waals surface area contributed by atoms with Gasteiger partial charge in [-0.1, -0.05) is 0 Å². The van der Waals surface area contributed by atoms with Gasteiger partial charge in [0.15, 0.2) is 6.79 Å². The van der Waals surface area contributed by atoms with Gasteiger partial charge in [0.05, 0.1) is 0 Å². The van der Waals surface area contributed by atoms with Crippen molar-refractivity contribution in [3.63, 3.8) is 0 Å². The maximum Gasteiger partial charge on any atom is 0.395 e. The quantitative estimate of drug-likeness (QED) is 0.607. The van der Waals surface area contributed by atoms with Crippen LogP contribution >= 0.6 is 0 Å². The number of halogens is 4. The van der Waals surface area contributed by atoms with E-state index in [0.29, 0.717) is 6.92 Å². The average molecular weight is 204 g/mol. The van der Waals surface area contributed by atoms with Gasteiger partial charge in [0.1, 0.15) is 0 Å². The molecule has 0 aromatic heterocycles. The first-order valence-electron chi connectivity index (χ1n) is 3.35. The zero-order chi connectivity index (χ0) is 10.3. The van der Waals surface area contributed by atoms with Gasteiger partial charge in [-0.05, 0) is 6.92 Å². The number of hydrogen-bond acceptors (Lipinski definition) is 3. The van der Waals surface area contributed by atoms with Crippen LogP contribution in [0.15, 0.2) is 0 Å². The Bertz CT molecular complexity index is 190. The van der Waals surface area contributed by atoms with Crippen LogP contribution in [-0.2, 0) is 14.2 Å². The Morgan fingerprint density at radius 2 is 1.46 bits per heavy atom. The third-order valence-electron chi connectivity index (χ3n) is 2.00. The summed E-state index contributed by atoms with van der Waals surface area (Å²) in [5.41, 5.74) is -3.10. The van der Waals surface area contributed by atoms with E-state index in [1.54, 1.807) is 0 Å². The van der Waals surface area contributed by atoms with Crippen LogP contribution in [0.1, 0.15) is 6.92 Å². The topological polar surface area (TPSA) is 27.7 Å². The molecule has 1 aliphatic rings. The van der Waals surface area contributed by atoms with Crippen LogP contribution in [0.3, 0.4) is 0 Å². The van der Waals surface area contributed by atoms with Crippen molar-refractivity contribution in [2.24, 2.45) is 0 Å². The molecule has 1 fully saturated rings. The van der Waals surface area contributed by atoms with Gasteiger partial charge in [-0.25, -0.2) is 0 Å². The number of hydrogen-bond donors (Lipinski definition) is 0. The molecule has 0 atom stereocenters. The minimum absolute atomic E-state index is 0.520. The van der Waals surface area contributed by atoms with Gasteiger partial charge < -0.3 is 4.74 Å². The summed E-state index contributed by atoms with van der Waals surface area (Å²) < 4.78 is 62.9. The number of ether oxygens (including phenoxy) is 3. The predicted molar refractivity (Wildman–Crippen MR) is 32.3 cm³/mol. The molecule has 0 N–H and O–H groups in total. The Kier molecular flexibility index (Phi) is 2.29. The molecular weight excluding hydrogens is 196 g/mol. The van der Waals surface area contributed by atoms with Crippen molar-refractivity contribution >= 4 is 0 Å². The summed E-state index contributed by atoms with van der Waals surface area (Å²) in [5, 5.41) is 0. The highest BCUT2D eigenvalue weighted by atomic mass is 19.3. The van der Waals surface area contributed by atoms with E-state index >= 15 is 0 Å². The first-order valence-corrected chi connectivity index (χ1v) is 3.35. The van der Waals surface area contributed by atoms with E-state index in [9.17, 15) is 17.6 Å². The van der Waals surface area contributed by atoms with Crippen molar-refractivity contribution in [2.45, 2.75) is 24.7 Å². The maximum absolute atomic E-state index is 12.8. The molecule has 1 saturated heterocycles. The molecule has 0 spiro atoms. The van der Waals surface area contributed by atoms with E-state index in [1.165, 1.54) is 0 Å². The Morgan fingerprint density at radius 3 is 1.69 bits per heavy atom. The van der Waals surface area contributed by atoms with Crippen LogP contribution in [0, 0.1) is 0 Å². The molecule has 1 aliphatic heterocycles. The van der Waals surface area contributed by atoms with Gasteiger partial charge >= 0.3 is 12.2 Å². The van der Waals surface area contributed by atoms with Crippen molar-refractivity contribution < 1.29 is 31.8 Å². The smallest absolute Gasteiger partial charge is 0.362 e. The summed E-state index contributed by atoms with van der Waals surface area (Å²) in [7, 11) is 0.736. The first kappa shape index (κ1) is 10.7. The minimum Gasteiger partial charge on any atom is -0.362 e. The molecule has 3 nitrogen and oxygen atoms in total. The van der Waals surface area contributed by atoms with E-state index in [2.05, 4.69) is 14.2 Å². The van der Waals surface area contributed by atoms with Crippen molar-refractivity contribution in [2.75, 3.05) is 13.9 Å². The molecule has 0 amide bonds. The molecule has 0 unspecified atom stereocenters. The first-order chi connectivity index (χ1) is 5.77. The highest BCUT2D eigenvalue weighted by Gasteiger charge is 2.71. The lowest BCUT2D eigenvalue weighted by Gasteiger charge is -2.43. The van der Waals surface area contributed by atoms with E-state index in [0.717, 1.165) is 7.11 Å². The Hall–Kier alpha value is -0.400. The second-order valence-electron chi connectivity index (χ2n) is 2.68. The molecule has 1 heterocycles. The molecule has 1 rings (SSSR count). The van der Waals surface area contributed by atoms with Crippen LogP contribution < -0.4 is 0 Å². The second kappa shape index (κ2) is 2.79. The molecule has 0 saturated carbocycles. The predicted octanol–water partition coefficient (Wildman–Crippen LogP) is 1.58. The second-order valence-corrected chi connectivity index (χ2v) is 2.68. The normalized spacial score (nSPS) is 30.0. The van der Waals surface area contributed by atoms with Gasteiger partial charge in [0.2, 0.25) is 5.60 Å². The van der Waals surface area contributed by atoms with Gasteiger partial charge in [-0.3, -0.25) is 9.47 Å². The highest BCUT2D eigenvalue weighted by molar-refractivity contribution is 4.94. The molecule has 0 bridgehead atoms. The van der Waals surface area contributed by atoms with Crippen LogP contribution in [-0.4, -0.2) is 31.7 Å². The van der Waals surface area contributed by atoms with Crippen molar-refractivity contribution in [1.29, 1.82) is 0 Å². The molecule has 13 heavy (non-hydrogen) atoms. The van der Waals surface area contributed by atoms with Gasteiger partial charge in [-0.15, -0.1) is 0 Å². The Morgan fingerprint density at radius 1 is 1.08 bits per heavy atom. The molecule has 0 radical (unpaired) electrons. The molecule has 0 aromatic rings. The fourth-order valence-electron chi connectivity index (χ4n) is 0.860. The van der Waals surface area contributed by atoms with Crippen LogP contribution in [0.25, 0.3) is 0 Å². The number of methoxy groups -OCH3 is 1. The van der Waals surface area contributed by atoms with E-state index in [-0.39, 0.29) is 0 Å². The SMILES string of the molecule is COC1(C)C(F)(F)OCOC1(F)F. The molecule has 0 aromatic carbocycles. The van der Waals surface area contributed by atoms with Gasteiger partial charge in [0.25, 0.3) is 0 Å². The Balaban J connectivity index is 3.05. The van der Waals surface area contributed by atoms with Crippen molar-refractivity contribution in [3.8, 4) is 0 Å². The van der Waals surface area contributed by atoms with E-state index < -0.39 is 24.6 Å². The number of rotatable bonds is 1. The maximum atomic E-state index is 12.8. The summed E-state index contributed by atoms with van der Waals surface area (Å²) in [6.45, 7) is -0.648. The summed E-state index contributed by atoms with van der Waals surface area (Å²) >= 11 is 0. The summed E-state index contributed by atoms with van der Waals surface area (Å²) in [4.78, 5) is 0. The molecule has 7 heteroatoms. The zero-order valence-corrected chi connectivity index (χ0v) is 6.94. The summed E-state index contributed by atoms with van der Waals surface area (Å²) in [6, 6.07) is 0. The molecular formula is C6H8F4O3. The van der Waals surface area contributed by atoms with E-state index in [1.807, 2.05) is 0 Å². The largest absolute Gasteiger partial charge is 0.395 e. The molecule has 78 valence electrons. The fourth-order valence-corrected chi connectivity index (χ4v) is 0.860.